The fourth-order valence-corrected chi connectivity index (χ4v) is 6.51. The van der Waals surface area contributed by atoms with Crippen molar-refractivity contribution < 1.29 is 0 Å². The number of likely N-dealkylation sites (tertiary alicyclic amines) is 1. The van der Waals surface area contributed by atoms with Crippen molar-refractivity contribution in [3.8, 4) is 0 Å². The van der Waals surface area contributed by atoms with Crippen LogP contribution in [0.5, 0.6) is 0 Å². The van der Waals surface area contributed by atoms with Crippen LogP contribution in [0.15, 0.2) is 0 Å². The zero-order chi connectivity index (χ0) is 14.0. The van der Waals surface area contributed by atoms with Gasteiger partial charge in [0.2, 0.25) is 0 Å². The van der Waals surface area contributed by atoms with Crippen LogP contribution >= 0.6 is 0 Å². The van der Waals surface area contributed by atoms with Gasteiger partial charge in [0, 0.05) is 12.1 Å². The van der Waals surface area contributed by atoms with Gasteiger partial charge in [-0.25, -0.2) is 0 Å². The first-order chi connectivity index (χ1) is 9.53. The number of hydrogen-bond acceptors (Lipinski definition) is 2. The summed E-state index contributed by atoms with van der Waals surface area (Å²) in [7, 11) is 0. The number of rotatable bonds is 2. The molecule has 0 aromatic rings. The fraction of sp³-hybridized carbons (Fsp3) is 1.00. The first-order valence-electron chi connectivity index (χ1n) is 8.98. The molecule has 0 spiro atoms. The summed E-state index contributed by atoms with van der Waals surface area (Å²) < 4.78 is 0. The fourth-order valence-electron chi connectivity index (χ4n) is 6.51. The molecule has 1 heterocycles. The van der Waals surface area contributed by atoms with Crippen LogP contribution in [0.4, 0.5) is 0 Å². The SMILES string of the molecule is CC1(C)CCN(C2(CN)C3CC4CC(C3)CC2C4)CC1. The molecule has 0 unspecified atom stereocenters. The Morgan fingerprint density at radius 3 is 1.85 bits per heavy atom. The monoisotopic (exact) mass is 276 g/mol. The lowest BCUT2D eigenvalue weighted by Crippen LogP contribution is -2.70. The summed E-state index contributed by atoms with van der Waals surface area (Å²) in [4.78, 5) is 2.87. The van der Waals surface area contributed by atoms with E-state index in [9.17, 15) is 0 Å². The van der Waals surface area contributed by atoms with Crippen LogP contribution < -0.4 is 5.73 Å². The molecular formula is C18H32N2. The molecule has 5 aliphatic rings. The summed E-state index contributed by atoms with van der Waals surface area (Å²) in [6.07, 6.45) is 10.2. The van der Waals surface area contributed by atoms with E-state index >= 15 is 0 Å². The Kier molecular flexibility index (Phi) is 3.03. The molecule has 0 aromatic carbocycles. The van der Waals surface area contributed by atoms with E-state index in [1.807, 2.05) is 0 Å². The minimum absolute atomic E-state index is 0.393. The van der Waals surface area contributed by atoms with Gasteiger partial charge in [0.05, 0.1) is 0 Å². The summed E-state index contributed by atoms with van der Waals surface area (Å²) in [5.74, 6) is 3.95. The maximum atomic E-state index is 6.45. The number of piperidine rings is 1. The number of nitrogens with zero attached hydrogens (tertiary/aromatic N) is 1. The lowest BCUT2D eigenvalue weighted by Gasteiger charge is -2.65. The van der Waals surface area contributed by atoms with Crippen LogP contribution in [-0.4, -0.2) is 30.1 Å². The second-order valence-electron chi connectivity index (χ2n) is 9.15. The summed E-state index contributed by atoms with van der Waals surface area (Å²) in [6, 6.07) is 0. The van der Waals surface area contributed by atoms with E-state index in [4.69, 9.17) is 5.73 Å². The Hall–Kier alpha value is -0.0800. The Morgan fingerprint density at radius 2 is 1.40 bits per heavy atom. The van der Waals surface area contributed by atoms with Crippen LogP contribution in [0.3, 0.4) is 0 Å². The molecule has 114 valence electrons. The average molecular weight is 276 g/mol. The molecule has 5 fully saturated rings. The molecule has 1 saturated heterocycles. The minimum Gasteiger partial charge on any atom is -0.329 e. The van der Waals surface area contributed by atoms with Crippen LogP contribution in [-0.2, 0) is 0 Å². The molecule has 0 aromatic heterocycles. The molecule has 2 heteroatoms. The maximum Gasteiger partial charge on any atom is 0.0388 e. The second kappa shape index (κ2) is 4.46. The minimum atomic E-state index is 0.393. The van der Waals surface area contributed by atoms with Gasteiger partial charge in [-0.1, -0.05) is 13.8 Å². The Morgan fingerprint density at radius 1 is 0.900 bits per heavy atom. The smallest absolute Gasteiger partial charge is 0.0388 e. The predicted octanol–water partition coefficient (Wildman–Crippen LogP) is 3.26. The molecule has 20 heavy (non-hydrogen) atoms. The predicted molar refractivity (Wildman–Crippen MR) is 83.4 cm³/mol. The van der Waals surface area contributed by atoms with Crippen LogP contribution in [0.2, 0.25) is 0 Å². The average Bonchev–Trinajstić information content (AvgIpc) is 2.40. The third-order valence-electron chi connectivity index (χ3n) is 7.58. The highest BCUT2D eigenvalue weighted by Crippen LogP contribution is 2.60. The van der Waals surface area contributed by atoms with E-state index in [-0.39, 0.29) is 0 Å². The lowest BCUT2D eigenvalue weighted by atomic mass is 9.48. The molecule has 0 radical (unpaired) electrons. The summed E-state index contributed by atoms with van der Waals surface area (Å²) in [5.41, 5.74) is 7.39. The van der Waals surface area contributed by atoms with E-state index in [0.29, 0.717) is 11.0 Å². The van der Waals surface area contributed by atoms with Crippen LogP contribution in [0.25, 0.3) is 0 Å². The van der Waals surface area contributed by atoms with Gasteiger partial charge in [-0.3, -0.25) is 4.90 Å². The van der Waals surface area contributed by atoms with Gasteiger partial charge >= 0.3 is 0 Å². The molecule has 0 atom stereocenters. The number of nitrogens with two attached hydrogens (primary N) is 1. The molecule has 4 saturated carbocycles. The van der Waals surface area contributed by atoms with Gasteiger partial charge in [0.25, 0.3) is 0 Å². The molecule has 5 rings (SSSR count). The van der Waals surface area contributed by atoms with Crippen molar-refractivity contribution in [2.75, 3.05) is 19.6 Å². The first-order valence-corrected chi connectivity index (χ1v) is 8.98. The van der Waals surface area contributed by atoms with Crippen molar-refractivity contribution >= 4 is 0 Å². The normalized spacial score (nSPS) is 50.5. The highest BCUT2D eigenvalue weighted by molar-refractivity contribution is 5.13. The van der Waals surface area contributed by atoms with Gasteiger partial charge in [-0.2, -0.15) is 0 Å². The largest absolute Gasteiger partial charge is 0.329 e. The highest BCUT2D eigenvalue weighted by atomic mass is 15.2. The third-order valence-corrected chi connectivity index (χ3v) is 7.58. The molecular weight excluding hydrogens is 244 g/mol. The second-order valence-corrected chi connectivity index (χ2v) is 9.15. The van der Waals surface area contributed by atoms with Crippen molar-refractivity contribution in [2.24, 2.45) is 34.8 Å². The van der Waals surface area contributed by atoms with Crippen molar-refractivity contribution in [2.45, 2.75) is 64.3 Å². The lowest BCUT2D eigenvalue weighted by molar-refractivity contribution is -0.142. The summed E-state index contributed by atoms with van der Waals surface area (Å²) >= 11 is 0. The van der Waals surface area contributed by atoms with Gasteiger partial charge in [0.1, 0.15) is 0 Å². The Bertz CT molecular complexity index is 349. The van der Waals surface area contributed by atoms with Crippen molar-refractivity contribution in [3.63, 3.8) is 0 Å². The van der Waals surface area contributed by atoms with E-state index in [1.165, 1.54) is 51.6 Å². The van der Waals surface area contributed by atoms with Crippen LogP contribution in [0.1, 0.15) is 58.8 Å². The van der Waals surface area contributed by atoms with E-state index in [0.717, 1.165) is 30.2 Å². The summed E-state index contributed by atoms with van der Waals surface area (Å²) in [6.45, 7) is 8.40. The molecule has 1 aliphatic heterocycles. The van der Waals surface area contributed by atoms with Gasteiger partial charge in [-0.15, -0.1) is 0 Å². The molecule has 2 N–H and O–H groups in total. The third kappa shape index (κ3) is 1.83. The van der Waals surface area contributed by atoms with E-state index in [2.05, 4.69) is 18.7 Å². The highest BCUT2D eigenvalue weighted by Gasteiger charge is 2.59. The van der Waals surface area contributed by atoms with Crippen molar-refractivity contribution in [1.29, 1.82) is 0 Å². The zero-order valence-electron chi connectivity index (χ0n) is 13.4. The van der Waals surface area contributed by atoms with Gasteiger partial charge < -0.3 is 5.73 Å². The maximum absolute atomic E-state index is 6.45. The van der Waals surface area contributed by atoms with Crippen molar-refractivity contribution in [3.05, 3.63) is 0 Å². The van der Waals surface area contributed by atoms with E-state index in [1.54, 1.807) is 6.42 Å². The Balaban J connectivity index is 1.60. The van der Waals surface area contributed by atoms with Crippen molar-refractivity contribution in [1.82, 2.24) is 4.90 Å². The first kappa shape index (κ1) is 13.6. The molecule has 0 amide bonds. The zero-order valence-corrected chi connectivity index (χ0v) is 13.4. The van der Waals surface area contributed by atoms with E-state index < -0.39 is 0 Å². The van der Waals surface area contributed by atoms with Crippen LogP contribution in [0, 0.1) is 29.1 Å². The molecule has 2 nitrogen and oxygen atoms in total. The topological polar surface area (TPSA) is 29.3 Å². The molecule has 4 bridgehead atoms. The number of hydrogen-bond donors (Lipinski definition) is 1. The van der Waals surface area contributed by atoms with Gasteiger partial charge in [-0.05, 0) is 87.1 Å². The standard InChI is InChI=1S/C18H32N2/c1-17(2)3-5-20(6-4-17)18(12-19)15-8-13-7-14(10-15)11-16(18)9-13/h13-16H,3-12,19H2,1-2H3. The molecule has 4 aliphatic carbocycles. The van der Waals surface area contributed by atoms with Gasteiger partial charge in [0.15, 0.2) is 0 Å². The Labute approximate surface area is 124 Å². The summed E-state index contributed by atoms with van der Waals surface area (Å²) in [5, 5.41) is 0. The quantitative estimate of drug-likeness (QED) is 0.839.